The van der Waals surface area contributed by atoms with Gasteiger partial charge in [0.1, 0.15) is 5.60 Å². The molecule has 1 radical (unpaired) electrons. The minimum absolute atomic E-state index is 0.408. The number of hydrogen-bond donors (Lipinski definition) is 0. The van der Waals surface area contributed by atoms with Gasteiger partial charge in [-0.05, 0) is 27.7 Å². The molecule has 1 atom stereocenters. The molecule has 0 saturated heterocycles. The molecular weight excluding hydrogens is 144 g/mol. The van der Waals surface area contributed by atoms with Crippen LogP contribution in [0.15, 0.2) is 0 Å². The van der Waals surface area contributed by atoms with Crippen molar-refractivity contribution in [2.24, 2.45) is 5.92 Å². The van der Waals surface area contributed by atoms with Crippen LogP contribution in [-0.4, -0.2) is 18.2 Å². The van der Waals surface area contributed by atoms with E-state index >= 15 is 0 Å². The summed E-state index contributed by atoms with van der Waals surface area (Å²) in [6.45, 7) is 6.50. The normalized spacial score (nSPS) is 14.3. The van der Waals surface area contributed by atoms with Crippen LogP contribution in [0.3, 0.4) is 0 Å². The Morgan fingerprint density at radius 3 is 2.18 bits per heavy atom. The second-order valence-electron chi connectivity index (χ2n) is 3.60. The molecule has 0 bridgehead atoms. The summed E-state index contributed by atoms with van der Waals surface area (Å²) in [5, 5.41) is 10.3. The Kier molecular flexibility index (Phi) is 3.52. The summed E-state index contributed by atoms with van der Waals surface area (Å²) in [5.74, 6) is -0.943. The maximum atomic E-state index is 11.0. The SMILES string of the molecule is CC(C[O])C(=O)OC(C)(C)C. The second kappa shape index (κ2) is 3.72. The summed E-state index contributed by atoms with van der Waals surface area (Å²) in [7, 11) is 0. The van der Waals surface area contributed by atoms with Gasteiger partial charge in [0.15, 0.2) is 0 Å². The fourth-order valence-corrected chi connectivity index (χ4v) is 0.470. The summed E-state index contributed by atoms with van der Waals surface area (Å²) in [6, 6.07) is 0. The minimum Gasteiger partial charge on any atom is -0.460 e. The van der Waals surface area contributed by atoms with E-state index < -0.39 is 24.1 Å². The summed E-state index contributed by atoms with van der Waals surface area (Å²) in [6.07, 6.45) is 0. The highest BCUT2D eigenvalue weighted by molar-refractivity contribution is 5.72. The highest BCUT2D eigenvalue weighted by atomic mass is 16.6. The van der Waals surface area contributed by atoms with Crippen LogP contribution >= 0.6 is 0 Å². The Morgan fingerprint density at radius 1 is 1.45 bits per heavy atom. The molecule has 0 spiro atoms. The van der Waals surface area contributed by atoms with E-state index in [2.05, 4.69) is 0 Å². The van der Waals surface area contributed by atoms with Gasteiger partial charge in [-0.15, -0.1) is 0 Å². The van der Waals surface area contributed by atoms with Crippen LogP contribution in [0.1, 0.15) is 27.7 Å². The molecule has 0 aromatic rings. The standard InChI is InChI=1S/C8H15O3/c1-6(5-9)7(10)11-8(2,3)4/h6H,5H2,1-4H3. The van der Waals surface area contributed by atoms with Crippen LogP contribution in [0.5, 0.6) is 0 Å². The van der Waals surface area contributed by atoms with E-state index in [0.717, 1.165) is 0 Å². The van der Waals surface area contributed by atoms with E-state index in [1.807, 2.05) is 0 Å². The first-order valence-corrected chi connectivity index (χ1v) is 3.68. The maximum Gasteiger partial charge on any atom is 0.311 e. The number of carbonyl (C=O) groups excluding carboxylic acids is 1. The minimum atomic E-state index is -0.533. The lowest BCUT2D eigenvalue weighted by molar-refractivity contribution is -0.161. The van der Waals surface area contributed by atoms with Gasteiger partial charge in [-0.3, -0.25) is 4.79 Å². The smallest absolute Gasteiger partial charge is 0.311 e. The predicted octanol–water partition coefficient (Wildman–Crippen LogP) is 1.39. The lowest BCUT2D eigenvalue weighted by atomic mass is 10.1. The fourth-order valence-electron chi connectivity index (χ4n) is 0.470. The van der Waals surface area contributed by atoms with E-state index in [1.54, 1.807) is 27.7 Å². The zero-order chi connectivity index (χ0) is 9.07. The summed E-state index contributed by atoms with van der Waals surface area (Å²) in [4.78, 5) is 11.0. The molecular formula is C8H15O3. The van der Waals surface area contributed by atoms with Crippen LogP contribution in [-0.2, 0) is 14.6 Å². The van der Waals surface area contributed by atoms with Gasteiger partial charge in [-0.25, -0.2) is 5.11 Å². The monoisotopic (exact) mass is 159 g/mol. The van der Waals surface area contributed by atoms with Crippen molar-refractivity contribution in [1.29, 1.82) is 0 Å². The van der Waals surface area contributed by atoms with Crippen molar-refractivity contribution in [3.63, 3.8) is 0 Å². The third-order valence-electron chi connectivity index (χ3n) is 1.06. The summed E-state index contributed by atoms with van der Waals surface area (Å²) >= 11 is 0. The molecule has 1 unspecified atom stereocenters. The van der Waals surface area contributed by atoms with Crippen molar-refractivity contribution < 1.29 is 14.6 Å². The summed E-state index contributed by atoms with van der Waals surface area (Å²) in [5.41, 5.74) is -0.486. The lowest BCUT2D eigenvalue weighted by Crippen LogP contribution is -2.28. The van der Waals surface area contributed by atoms with Gasteiger partial charge in [-0.1, -0.05) is 0 Å². The van der Waals surface area contributed by atoms with Gasteiger partial charge in [0.2, 0.25) is 0 Å². The number of carbonyl (C=O) groups is 1. The van der Waals surface area contributed by atoms with Gasteiger partial charge in [-0.2, -0.15) is 0 Å². The van der Waals surface area contributed by atoms with E-state index in [-0.39, 0.29) is 0 Å². The molecule has 0 saturated carbocycles. The molecule has 0 fully saturated rings. The third kappa shape index (κ3) is 4.79. The van der Waals surface area contributed by atoms with Gasteiger partial charge in [0.05, 0.1) is 12.5 Å². The van der Waals surface area contributed by atoms with Gasteiger partial charge < -0.3 is 4.74 Å². The molecule has 11 heavy (non-hydrogen) atoms. The van der Waals surface area contributed by atoms with E-state index in [1.165, 1.54) is 0 Å². The lowest BCUT2D eigenvalue weighted by Gasteiger charge is -2.21. The molecule has 0 N–H and O–H groups in total. The molecule has 0 aromatic carbocycles. The first-order valence-electron chi connectivity index (χ1n) is 3.68. The quantitative estimate of drug-likeness (QED) is 0.571. The molecule has 0 rings (SSSR count). The van der Waals surface area contributed by atoms with Crippen LogP contribution < -0.4 is 0 Å². The molecule has 0 amide bonds. The Labute approximate surface area is 67.4 Å². The molecule has 3 heteroatoms. The van der Waals surface area contributed by atoms with Crippen molar-refractivity contribution in [3.8, 4) is 0 Å². The number of hydrogen-bond acceptors (Lipinski definition) is 2. The number of esters is 1. The van der Waals surface area contributed by atoms with E-state index in [4.69, 9.17) is 4.74 Å². The molecule has 0 aliphatic rings. The predicted molar refractivity (Wildman–Crippen MR) is 40.6 cm³/mol. The van der Waals surface area contributed by atoms with Crippen LogP contribution in [0.2, 0.25) is 0 Å². The highest BCUT2D eigenvalue weighted by Gasteiger charge is 2.20. The van der Waals surface area contributed by atoms with E-state index in [9.17, 15) is 9.90 Å². The maximum absolute atomic E-state index is 11.0. The Hall–Kier alpha value is -0.570. The first-order chi connectivity index (χ1) is 4.87. The molecule has 0 aliphatic carbocycles. The van der Waals surface area contributed by atoms with Crippen molar-refractivity contribution in [2.75, 3.05) is 6.61 Å². The van der Waals surface area contributed by atoms with E-state index in [0.29, 0.717) is 0 Å². The third-order valence-corrected chi connectivity index (χ3v) is 1.06. The second-order valence-corrected chi connectivity index (χ2v) is 3.60. The molecule has 65 valence electrons. The Balaban J connectivity index is 3.88. The van der Waals surface area contributed by atoms with Gasteiger partial charge in [0, 0.05) is 0 Å². The van der Waals surface area contributed by atoms with Crippen molar-refractivity contribution in [2.45, 2.75) is 33.3 Å². The van der Waals surface area contributed by atoms with Crippen molar-refractivity contribution >= 4 is 5.97 Å². The summed E-state index contributed by atoms with van der Waals surface area (Å²) < 4.78 is 4.95. The van der Waals surface area contributed by atoms with Gasteiger partial charge >= 0.3 is 5.97 Å². The van der Waals surface area contributed by atoms with Crippen LogP contribution in [0.25, 0.3) is 0 Å². The Bertz CT molecular complexity index is 135. The molecule has 0 aliphatic heterocycles. The fraction of sp³-hybridized carbons (Fsp3) is 0.875. The van der Waals surface area contributed by atoms with Crippen LogP contribution in [0, 0.1) is 5.92 Å². The topological polar surface area (TPSA) is 46.2 Å². The number of rotatable bonds is 2. The highest BCUT2D eigenvalue weighted by Crippen LogP contribution is 2.10. The largest absolute Gasteiger partial charge is 0.460 e. The van der Waals surface area contributed by atoms with Crippen LogP contribution in [0.4, 0.5) is 0 Å². The molecule has 0 heterocycles. The average Bonchev–Trinajstić information content (AvgIpc) is 1.82. The zero-order valence-corrected chi connectivity index (χ0v) is 7.51. The molecule has 3 nitrogen and oxygen atoms in total. The van der Waals surface area contributed by atoms with Crippen molar-refractivity contribution in [3.05, 3.63) is 0 Å². The van der Waals surface area contributed by atoms with Gasteiger partial charge in [0.25, 0.3) is 0 Å². The Morgan fingerprint density at radius 2 is 1.91 bits per heavy atom. The zero-order valence-electron chi connectivity index (χ0n) is 7.51. The first kappa shape index (κ1) is 10.4. The van der Waals surface area contributed by atoms with Crippen molar-refractivity contribution in [1.82, 2.24) is 0 Å². The molecule has 0 aromatic heterocycles. The average molecular weight is 159 g/mol. The number of ether oxygens (including phenoxy) is 1.